The first-order valence-electron chi connectivity index (χ1n) is 6.75. The summed E-state index contributed by atoms with van der Waals surface area (Å²) in [7, 11) is 1.65. The van der Waals surface area contributed by atoms with Gasteiger partial charge in [-0.3, -0.25) is 9.59 Å². The van der Waals surface area contributed by atoms with Gasteiger partial charge in [-0.25, -0.2) is 0 Å². The number of hydrogen-bond donors (Lipinski definition) is 2. The summed E-state index contributed by atoms with van der Waals surface area (Å²) in [4.78, 5) is 28.5. The molecule has 5 nitrogen and oxygen atoms in total. The molecule has 0 saturated heterocycles. The maximum Gasteiger partial charge on any atom is 0.254 e. The summed E-state index contributed by atoms with van der Waals surface area (Å²) in [5.41, 5.74) is 1.59. The van der Waals surface area contributed by atoms with Crippen LogP contribution in [0.2, 0.25) is 0 Å². The van der Waals surface area contributed by atoms with Gasteiger partial charge in [0.25, 0.3) is 5.91 Å². The van der Waals surface area contributed by atoms with E-state index >= 15 is 0 Å². The summed E-state index contributed by atoms with van der Waals surface area (Å²) >= 11 is 0. The quantitative estimate of drug-likeness (QED) is 0.885. The molecule has 0 aliphatic heterocycles. The molecule has 1 aromatic carbocycles. The van der Waals surface area contributed by atoms with Crippen LogP contribution >= 0.6 is 0 Å². The van der Waals surface area contributed by atoms with E-state index in [4.69, 9.17) is 0 Å². The van der Waals surface area contributed by atoms with Gasteiger partial charge in [-0.1, -0.05) is 0 Å². The Hall–Kier alpha value is -2.30. The number of carbonyl (C=O) groups is 2. The molecule has 2 N–H and O–H groups in total. The topological polar surface area (TPSA) is 65.2 Å². The third-order valence-electron chi connectivity index (χ3n) is 3.47. The van der Waals surface area contributed by atoms with Crippen LogP contribution < -0.4 is 5.32 Å². The maximum absolute atomic E-state index is 12.3. The molecule has 5 heteroatoms. The van der Waals surface area contributed by atoms with Crippen LogP contribution in [-0.2, 0) is 4.79 Å². The van der Waals surface area contributed by atoms with Crippen molar-refractivity contribution in [1.82, 2.24) is 15.2 Å². The van der Waals surface area contributed by atoms with Crippen molar-refractivity contribution >= 4 is 22.7 Å². The molecule has 104 valence electrons. The van der Waals surface area contributed by atoms with Gasteiger partial charge in [-0.15, -0.1) is 0 Å². The van der Waals surface area contributed by atoms with Crippen LogP contribution in [0, 0.1) is 0 Å². The highest BCUT2D eigenvalue weighted by molar-refractivity contribution is 5.99. The fraction of sp³-hybridized carbons (Fsp3) is 0.333. The van der Waals surface area contributed by atoms with Gasteiger partial charge in [-0.2, -0.15) is 0 Å². The summed E-state index contributed by atoms with van der Waals surface area (Å²) in [6.45, 7) is 0.0977. The number of nitrogens with one attached hydrogen (secondary N) is 2. The Morgan fingerprint density at radius 1 is 1.35 bits per heavy atom. The van der Waals surface area contributed by atoms with Gasteiger partial charge in [0.1, 0.15) is 0 Å². The van der Waals surface area contributed by atoms with Gasteiger partial charge < -0.3 is 15.2 Å². The van der Waals surface area contributed by atoms with Gasteiger partial charge in [-0.05, 0) is 37.1 Å². The molecule has 0 spiro atoms. The molecule has 0 bridgehead atoms. The Bertz CT molecular complexity index is 658. The summed E-state index contributed by atoms with van der Waals surface area (Å²) in [6.07, 6.45) is 3.94. The first-order valence-corrected chi connectivity index (χ1v) is 6.75. The van der Waals surface area contributed by atoms with Gasteiger partial charge in [0.05, 0.1) is 6.54 Å². The van der Waals surface area contributed by atoms with Gasteiger partial charge in [0, 0.05) is 35.8 Å². The van der Waals surface area contributed by atoms with Crippen molar-refractivity contribution in [2.45, 2.75) is 18.9 Å². The minimum absolute atomic E-state index is 0.0916. The molecule has 0 atom stereocenters. The van der Waals surface area contributed by atoms with Crippen LogP contribution in [-0.4, -0.2) is 41.3 Å². The van der Waals surface area contributed by atoms with Gasteiger partial charge in [0.15, 0.2) is 0 Å². The van der Waals surface area contributed by atoms with Crippen LogP contribution in [0.5, 0.6) is 0 Å². The zero-order chi connectivity index (χ0) is 14.1. The second-order valence-electron chi connectivity index (χ2n) is 5.28. The smallest absolute Gasteiger partial charge is 0.254 e. The Balaban J connectivity index is 1.68. The first kappa shape index (κ1) is 12.7. The molecule has 0 unspecified atom stereocenters. The molecule has 1 fully saturated rings. The zero-order valence-corrected chi connectivity index (χ0v) is 11.3. The standard InChI is InChI=1S/C15H17N3O2/c1-18(9-14(19)17-12-3-4-12)15(20)11-2-5-13-10(8-11)6-7-16-13/h2,5-8,12,16H,3-4,9H2,1H3,(H,17,19). The van der Waals surface area contributed by atoms with Crippen molar-refractivity contribution in [2.75, 3.05) is 13.6 Å². The van der Waals surface area contributed by atoms with Crippen LogP contribution in [0.3, 0.4) is 0 Å². The van der Waals surface area contributed by atoms with Crippen LogP contribution in [0.1, 0.15) is 23.2 Å². The lowest BCUT2D eigenvalue weighted by atomic mass is 10.1. The largest absolute Gasteiger partial charge is 0.361 e. The van der Waals surface area contributed by atoms with Crippen molar-refractivity contribution < 1.29 is 9.59 Å². The fourth-order valence-electron chi connectivity index (χ4n) is 2.19. The molecule has 1 heterocycles. The Labute approximate surface area is 117 Å². The van der Waals surface area contributed by atoms with E-state index in [0.717, 1.165) is 23.7 Å². The molecule has 2 aromatic rings. The number of H-pyrrole nitrogens is 1. The Morgan fingerprint density at radius 2 is 2.15 bits per heavy atom. The summed E-state index contributed by atoms with van der Waals surface area (Å²) in [6, 6.07) is 7.73. The zero-order valence-electron chi connectivity index (χ0n) is 11.3. The number of nitrogens with zero attached hydrogens (tertiary/aromatic N) is 1. The van der Waals surface area contributed by atoms with Crippen LogP contribution in [0.4, 0.5) is 0 Å². The minimum atomic E-state index is -0.140. The van der Waals surface area contributed by atoms with Crippen molar-refractivity contribution in [3.63, 3.8) is 0 Å². The van der Waals surface area contributed by atoms with E-state index in [0.29, 0.717) is 11.6 Å². The normalized spacial score (nSPS) is 14.2. The van der Waals surface area contributed by atoms with Crippen molar-refractivity contribution in [3.05, 3.63) is 36.0 Å². The van der Waals surface area contributed by atoms with E-state index in [1.54, 1.807) is 13.1 Å². The van der Waals surface area contributed by atoms with Crippen molar-refractivity contribution in [3.8, 4) is 0 Å². The average molecular weight is 271 g/mol. The minimum Gasteiger partial charge on any atom is -0.361 e. The highest BCUT2D eigenvalue weighted by Gasteiger charge is 2.24. The predicted octanol–water partition coefficient (Wildman–Crippen LogP) is 1.52. The number of likely N-dealkylation sites (N-methyl/N-ethyl adjacent to an activating group) is 1. The molecule has 20 heavy (non-hydrogen) atoms. The molecule has 2 amide bonds. The average Bonchev–Trinajstić information content (AvgIpc) is 3.11. The highest BCUT2D eigenvalue weighted by atomic mass is 16.2. The lowest BCUT2D eigenvalue weighted by molar-refractivity contribution is -0.121. The van der Waals surface area contributed by atoms with E-state index in [2.05, 4.69) is 10.3 Å². The molecule has 0 radical (unpaired) electrons. The monoisotopic (exact) mass is 271 g/mol. The number of carbonyl (C=O) groups excluding carboxylic acids is 2. The fourth-order valence-corrected chi connectivity index (χ4v) is 2.19. The molecular weight excluding hydrogens is 254 g/mol. The third kappa shape index (κ3) is 2.66. The number of fused-ring (bicyclic) bond motifs is 1. The number of aromatic nitrogens is 1. The van der Waals surface area contributed by atoms with Gasteiger partial charge in [0.2, 0.25) is 5.91 Å². The summed E-state index contributed by atoms with van der Waals surface area (Å²) < 4.78 is 0. The lowest BCUT2D eigenvalue weighted by Gasteiger charge is -2.16. The highest BCUT2D eigenvalue weighted by Crippen LogP contribution is 2.18. The Kier molecular flexibility index (Phi) is 3.18. The van der Waals surface area contributed by atoms with Gasteiger partial charge >= 0.3 is 0 Å². The molecule has 1 aliphatic carbocycles. The van der Waals surface area contributed by atoms with E-state index in [-0.39, 0.29) is 18.4 Å². The second-order valence-corrected chi connectivity index (χ2v) is 5.28. The lowest BCUT2D eigenvalue weighted by Crippen LogP contribution is -2.39. The molecule has 1 aliphatic rings. The van der Waals surface area contributed by atoms with E-state index in [9.17, 15) is 9.59 Å². The third-order valence-corrected chi connectivity index (χ3v) is 3.47. The van der Waals surface area contributed by atoms with Crippen molar-refractivity contribution in [1.29, 1.82) is 0 Å². The molecule has 1 saturated carbocycles. The Morgan fingerprint density at radius 3 is 2.90 bits per heavy atom. The second kappa shape index (κ2) is 5.00. The number of aromatic amines is 1. The number of benzene rings is 1. The first-order chi connectivity index (χ1) is 9.63. The summed E-state index contributed by atoms with van der Waals surface area (Å²) in [5.74, 6) is -0.231. The van der Waals surface area contributed by atoms with Crippen molar-refractivity contribution in [2.24, 2.45) is 0 Å². The summed E-state index contributed by atoms with van der Waals surface area (Å²) in [5, 5.41) is 3.87. The van der Waals surface area contributed by atoms with Crippen LogP contribution in [0.15, 0.2) is 30.5 Å². The van der Waals surface area contributed by atoms with Crippen LogP contribution in [0.25, 0.3) is 10.9 Å². The molecule has 1 aromatic heterocycles. The molecule has 3 rings (SSSR count). The van der Waals surface area contributed by atoms with E-state index in [1.807, 2.05) is 24.4 Å². The maximum atomic E-state index is 12.3. The molecular formula is C15H17N3O2. The predicted molar refractivity (Wildman–Crippen MR) is 76.4 cm³/mol. The van der Waals surface area contributed by atoms with E-state index < -0.39 is 0 Å². The number of rotatable bonds is 4. The van der Waals surface area contributed by atoms with E-state index in [1.165, 1.54) is 4.90 Å². The number of amides is 2. The number of hydrogen-bond acceptors (Lipinski definition) is 2. The SMILES string of the molecule is CN(CC(=O)NC1CC1)C(=O)c1ccc2[nH]ccc2c1.